The van der Waals surface area contributed by atoms with E-state index in [-0.39, 0.29) is 36.0 Å². The summed E-state index contributed by atoms with van der Waals surface area (Å²) in [5, 5.41) is 5.86. The molecule has 1 aromatic heterocycles. The van der Waals surface area contributed by atoms with E-state index in [2.05, 4.69) is 15.6 Å². The monoisotopic (exact) mass is 447 g/mol. The molecule has 1 aliphatic carbocycles. The molecule has 0 spiro atoms. The van der Waals surface area contributed by atoms with E-state index in [4.69, 9.17) is 9.47 Å². The fraction of sp³-hybridized carbons (Fsp3) is 0.409. The van der Waals surface area contributed by atoms with Gasteiger partial charge in [-0.05, 0) is 56.2 Å². The summed E-state index contributed by atoms with van der Waals surface area (Å²) in [5.74, 6) is -0.618. The number of nitrogens with zero attached hydrogens (tertiary/aromatic N) is 1. The number of hydrogen-bond acceptors (Lipinski definition) is 6. The average Bonchev–Trinajstić information content (AvgIpc) is 2.76. The predicted molar refractivity (Wildman–Crippen MR) is 116 cm³/mol. The van der Waals surface area contributed by atoms with Crippen molar-refractivity contribution in [3.05, 3.63) is 47.9 Å². The topological polar surface area (TPSA) is 89.6 Å². The summed E-state index contributed by atoms with van der Waals surface area (Å²) in [6.45, 7) is 0.0336. The van der Waals surface area contributed by atoms with Crippen LogP contribution in [0.4, 0.5) is 4.39 Å². The van der Waals surface area contributed by atoms with Crippen molar-refractivity contribution < 1.29 is 23.5 Å². The van der Waals surface area contributed by atoms with E-state index in [0.29, 0.717) is 18.6 Å². The zero-order valence-electron chi connectivity index (χ0n) is 17.5. The molecule has 7 nitrogen and oxygen atoms in total. The van der Waals surface area contributed by atoms with E-state index in [1.807, 2.05) is 24.5 Å². The van der Waals surface area contributed by atoms with Crippen LogP contribution in [0.25, 0.3) is 0 Å². The fourth-order valence-corrected chi connectivity index (χ4v) is 3.94. The Balaban J connectivity index is 1.63. The second kappa shape index (κ2) is 11.1. The van der Waals surface area contributed by atoms with E-state index in [9.17, 15) is 14.0 Å². The predicted octanol–water partition coefficient (Wildman–Crippen LogP) is 3.54. The molecule has 3 rings (SSSR count). The minimum atomic E-state index is -0.611. The second-order valence-corrected chi connectivity index (χ2v) is 8.19. The Hall–Kier alpha value is -2.65. The third kappa shape index (κ3) is 6.67. The molecule has 0 radical (unpaired) electrons. The summed E-state index contributed by atoms with van der Waals surface area (Å²) < 4.78 is 24.4. The number of nitrogens with one attached hydrogen (secondary N) is 2. The number of amides is 2. The SMILES string of the molecule is COCC(=O)N[C@H]1CC[C@@H](NC(=O)c2cc(F)cnc2Oc2cccc(SC)c2)CC1. The minimum Gasteiger partial charge on any atom is -0.438 e. The van der Waals surface area contributed by atoms with Gasteiger partial charge in [-0.1, -0.05) is 6.07 Å². The van der Waals surface area contributed by atoms with E-state index >= 15 is 0 Å². The normalized spacial score (nSPS) is 18.3. The molecule has 31 heavy (non-hydrogen) atoms. The number of hydrogen-bond donors (Lipinski definition) is 2. The van der Waals surface area contributed by atoms with Gasteiger partial charge in [0, 0.05) is 24.1 Å². The number of rotatable bonds is 8. The Morgan fingerprint density at radius 3 is 2.55 bits per heavy atom. The quantitative estimate of drug-likeness (QED) is 0.602. The van der Waals surface area contributed by atoms with Gasteiger partial charge in [-0.3, -0.25) is 9.59 Å². The van der Waals surface area contributed by atoms with E-state index in [0.717, 1.165) is 30.0 Å². The summed E-state index contributed by atoms with van der Waals surface area (Å²) in [6.07, 6.45) is 5.88. The maximum absolute atomic E-state index is 13.8. The van der Waals surface area contributed by atoms with Gasteiger partial charge in [-0.2, -0.15) is 0 Å². The number of carbonyl (C=O) groups is 2. The number of pyridine rings is 1. The van der Waals surface area contributed by atoms with Crippen LogP contribution < -0.4 is 15.4 Å². The molecular weight excluding hydrogens is 421 g/mol. The second-order valence-electron chi connectivity index (χ2n) is 7.31. The molecule has 1 aromatic carbocycles. The maximum atomic E-state index is 13.8. The Bertz CT molecular complexity index is 919. The standard InChI is InChI=1S/C22H26FN3O4S/c1-29-13-20(27)25-15-6-8-16(9-7-15)26-21(28)19-10-14(23)12-24-22(19)30-17-4-3-5-18(11-17)31-2/h3-5,10-12,15-16H,6-9,13H2,1-2H3,(H,25,27)(H,26,28)/t15-,16+. The highest BCUT2D eigenvalue weighted by atomic mass is 32.2. The third-order valence-electron chi connectivity index (χ3n) is 5.02. The first-order chi connectivity index (χ1) is 15.0. The van der Waals surface area contributed by atoms with Gasteiger partial charge in [0.05, 0.1) is 6.20 Å². The lowest BCUT2D eigenvalue weighted by atomic mass is 9.91. The first kappa shape index (κ1) is 23.0. The van der Waals surface area contributed by atoms with E-state index < -0.39 is 11.7 Å². The smallest absolute Gasteiger partial charge is 0.257 e. The molecule has 2 amide bonds. The van der Waals surface area contributed by atoms with Gasteiger partial charge in [0.2, 0.25) is 11.8 Å². The summed E-state index contributed by atoms with van der Waals surface area (Å²) >= 11 is 1.56. The number of benzene rings is 1. The van der Waals surface area contributed by atoms with Gasteiger partial charge >= 0.3 is 0 Å². The molecule has 166 valence electrons. The van der Waals surface area contributed by atoms with Crippen LogP contribution >= 0.6 is 11.8 Å². The molecule has 0 bridgehead atoms. The zero-order chi connectivity index (χ0) is 22.2. The summed E-state index contributed by atoms with van der Waals surface area (Å²) in [6, 6.07) is 8.49. The number of aromatic nitrogens is 1. The Morgan fingerprint density at radius 2 is 1.87 bits per heavy atom. The van der Waals surface area contributed by atoms with Crippen molar-refractivity contribution in [3.8, 4) is 11.6 Å². The average molecular weight is 448 g/mol. The lowest BCUT2D eigenvalue weighted by molar-refractivity contribution is -0.125. The van der Waals surface area contributed by atoms with Crippen molar-refractivity contribution in [1.29, 1.82) is 0 Å². The van der Waals surface area contributed by atoms with Gasteiger partial charge < -0.3 is 20.1 Å². The molecule has 1 saturated carbocycles. The Kier molecular flexibility index (Phi) is 8.25. The molecule has 9 heteroatoms. The zero-order valence-corrected chi connectivity index (χ0v) is 18.3. The third-order valence-corrected chi connectivity index (χ3v) is 5.75. The number of carbonyl (C=O) groups excluding carboxylic acids is 2. The number of methoxy groups -OCH3 is 1. The Morgan fingerprint density at radius 1 is 1.16 bits per heavy atom. The molecular formula is C22H26FN3O4S. The lowest BCUT2D eigenvalue weighted by Crippen LogP contribution is -2.44. The van der Waals surface area contributed by atoms with Crippen LogP contribution in [0.5, 0.6) is 11.6 Å². The molecule has 2 N–H and O–H groups in total. The van der Waals surface area contributed by atoms with Crippen molar-refractivity contribution in [1.82, 2.24) is 15.6 Å². The van der Waals surface area contributed by atoms with Crippen LogP contribution in [0.3, 0.4) is 0 Å². The minimum absolute atomic E-state index is 0.0336. The molecule has 0 unspecified atom stereocenters. The van der Waals surface area contributed by atoms with Gasteiger partial charge in [0.25, 0.3) is 5.91 Å². The van der Waals surface area contributed by atoms with Gasteiger partial charge in [0.15, 0.2) is 0 Å². The van der Waals surface area contributed by atoms with Crippen molar-refractivity contribution >= 4 is 23.6 Å². The molecule has 1 fully saturated rings. The molecule has 0 saturated heterocycles. The largest absolute Gasteiger partial charge is 0.438 e. The highest BCUT2D eigenvalue weighted by Crippen LogP contribution is 2.27. The summed E-state index contributed by atoms with van der Waals surface area (Å²) in [4.78, 5) is 29.5. The maximum Gasteiger partial charge on any atom is 0.257 e. The highest BCUT2D eigenvalue weighted by molar-refractivity contribution is 7.98. The van der Waals surface area contributed by atoms with Crippen LogP contribution in [0.2, 0.25) is 0 Å². The summed E-state index contributed by atoms with van der Waals surface area (Å²) in [7, 11) is 1.48. The van der Waals surface area contributed by atoms with Gasteiger partial charge in [-0.15, -0.1) is 11.8 Å². The van der Waals surface area contributed by atoms with Crippen LogP contribution in [-0.2, 0) is 9.53 Å². The first-order valence-corrected chi connectivity index (χ1v) is 11.3. The van der Waals surface area contributed by atoms with Crippen molar-refractivity contribution in [3.63, 3.8) is 0 Å². The lowest BCUT2D eigenvalue weighted by Gasteiger charge is -2.29. The molecule has 0 atom stereocenters. The van der Waals surface area contributed by atoms with E-state index in [1.165, 1.54) is 7.11 Å². The highest BCUT2D eigenvalue weighted by Gasteiger charge is 2.25. The van der Waals surface area contributed by atoms with Crippen LogP contribution in [0, 0.1) is 5.82 Å². The number of halogens is 1. The first-order valence-electron chi connectivity index (χ1n) is 10.0. The van der Waals surface area contributed by atoms with Crippen molar-refractivity contribution in [2.24, 2.45) is 0 Å². The van der Waals surface area contributed by atoms with Crippen molar-refractivity contribution in [2.45, 2.75) is 42.7 Å². The number of ether oxygens (including phenoxy) is 2. The van der Waals surface area contributed by atoms with E-state index in [1.54, 1.807) is 17.8 Å². The molecule has 2 aromatic rings. The van der Waals surface area contributed by atoms with Crippen molar-refractivity contribution in [2.75, 3.05) is 20.0 Å². The number of thioether (sulfide) groups is 1. The van der Waals surface area contributed by atoms with Gasteiger partial charge in [-0.25, -0.2) is 9.37 Å². The molecule has 1 aliphatic rings. The van der Waals surface area contributed by atoms with Gasteiger partial charge in [0.1, 0.15) is 23.7 Å². The Labute approximate surface area is 185 Å². The van der Waals surface area contributed by atoms with Crippen LogP contribution in [0.15, 0.2) is 41.4 Å². The molecule has 0 aliphatic heterocycles. The fourth-order valence-electron chi connectivity index (χ4n) is 3.49. The molecule has 1 heterocycles. The van der Waals surface area contributed by atoms with Crippen LogP contribution in [-0.4, -0.2) is 48.9 Å². The van der Waals surface area contributed by atoms with Crippen LogP contribution in [0.1, 0.15) is 36.0 Å². The summed E-state index contributed by atoms with van der Waals surface area (Å²) in [5.41, 5.74) is 0.0464.